The van der Waals surface area contributed by atoms with Crippen LogP contribution < -0.4 is 5.73 Å². The van der Waals surface area contributed by atoms with Crippen LogP contribution in [0.15, 0.2) is 0 Å². The third kappa shape index (κ3) is 3.93. The van der Waals surface area contributed by atoms with Crippen LogP contribution in [-0.4, -0.2) is 29.5 Å². The van der Waals surface area contributed by atoms with Gasteiger partial charge < -0.3 is 10.6 Å². The van der Waals surface area contributed by atoms with E-state index in [1.807, 2.05) is 0 Å². The molecule has 0 unspecified atom stereocenters. The van der Waals surface area contributed by atoms with E-state index in [0.717, 1.165) is 18.8 Å². The van der Waals surface area contributed by atoms with Crippen LogP contribution in [0.1, 0.15) is 33.1 Å². The summed E-state index contributed by atoms with van der Waals surface area (Å²) in [4.78, 5) is 3.25. The Labute approximate surface area is 92.8 Å². The summed E-state index contributed by atoms with van der Waals surface area (Å²) in [6.07, 6.45) is 3.62. The fraction of sp³-hybridized carbons (Fsp3) is 0.909. The second kappa shape index (κ2) is 5.66. The predicted molar refractivity (Wildman–Crippen MR) is 65.4 cm³/mol. The largest absolute Gasteiger partial charge is 0.393 e. The maximum Gasteiger partial charge on any atom is 0.0759 e. The van der Waals surface area contributed by atoms with E-state index in [-0.39, 0.29) is 0 Å². The first-order valence-corrected chi connectivity index (χ1v) is 6.02. The summed E-state index contributed by atoms with van der Waals surface area (Å²) in [6.45, 7) is 8.15. The molecule has 0 amide bonds. The van der Waals surface area contributed by atoms with Crippen molar-refractivity contribution in [2.24, 2.45) is 17.6 Å². The van der Waals surface area contributed by atoms with Crippen molar-refractivity contribution in [3.05, 3.63) is 0 Å². The Morgan fingerprint density at radius 3 is 2.43 bits per heavy atom. The van der Waals surface area contributed by atoms with Gasteiger partial charge in [0.15, 0.2) is 0 Å². The molecule has 1 fully saturated rings. The van der Waals surface area contributed by atoms with Gasteiger partial charge in [-0.1, -0.05) is 26.1 Å². The summed E-state index contributed by atoms with van der Waals surface area (Å²) < 4.78 is 0. The van der Waals surface area contributed by atoms with Crippen LogP contribution in [0.25, 0.3) is 0 Å². The molecule has 0 radical (unpaired) electrons. The van der Waals surface area contributed by atoms with E-state index < -0.39 is 0 Å². The van der Waals surface area contributed by atoms with Crippen LogP contribution in [0.5, 0.6) is 0 Å². The van der Waals surface area contributed by atoms with Gasteiger partial charge in [-0.25, -0.2) is 0 Å². The Hall–Kier alpha value is -0.150. The molecular formula is C11H22N2S. The minimum Gasteiger partial charge on any atom is -0.393 e. The highest BCUT2D eigenvalue weighted by molar-refractivity contribution is 7.80. The van der Waals surface area contributed by atoms with Crippen molar-refractivity contribution in [1.82, 2.24) is 4.90 Å². The first kappa shape index (κ1) is 11.9. The lowest BCUT2D eigenvalue weighted by Gasteiger charge is -2.31. The summed E-state index contributed by atoms with van der Waals surface area (Å²) in [5.41, 5.74) is 5.65. The first-order valence-electron chi connectivity index (χ1n) is 5.61. The molecule has 1 rings (SSSR count). The van der Waals surface area contributed by atoms with Crippen LogP contribution in [0.4, 0.5) is 0 Å². The number of nitrogens with zero attached hydrogens (tertiary/aromatic N) is 1. The SMILES string of the molecule is CC(C)CCN1CCC(C(N)=S)CC1. The number of rotatable bonds is 4. The van der Waals surface area contributed by atoms with Gasteiger partial charge >= 0.3 is 0 Å². The standard InChI is InChI=1S/C11H22N2S/c1-9(2)3-6-13-7-4-10(5-8-13)11(12)14/h9-10H,3-8H2,1-2H3,(H2,12,14). The highest BCUT2D eigenvalue weighted by Gasteiger charge is 2.20. The molecule has 82 valence electrons. The molecule has 14 heavy (non-hydrogen) atoms. The number of likely N-dealkylation sites (tertiary alicyclic amines) is 1. The average Bonchev–Trinajstić information content (AvgIpc) is 2.15. The van der Waals surface area contributed by atoms with E-state index in [1.165, 1.54) is 26.1 Å². The molecule has 1 aliphatic rings. The van der Waals surface area contributed by atoms with Crippen molar-refractivity contribution in [2.75, 3.05) is 19.6 Å². The van der Waals surface area contributed by atoms with Crippen LogP contribution in [0, 0.1) is 11.8 Å². The van der Waals surface area contributed by atoms with Gasteiger partial charge in [0.25, 0.3) is 0 Å². The molecule has 0 aromatic rings. The molecule has 2 nitrogen and oxygen atoms in total. The van der Waals surface area contributed by atoms with Gasteiger partial charge in [-0.05, 0) is 44.8 Å². The maximum atomic E-state index is 5.65. The zero-order valence-electron chi connectivity index (χ0n) is 9.33. The molecule has 1 aliphatic heterocycles. The number of piperidine rings is 1. The minimum atomic E-state index is 0.500. The molecule has 0 aromatic carbocycles. The lowest BCUT2D eigenvalue weighted by atomic mass is 9.96. The summed E-state index contributed by atoms with van der Waals surface area (Å²) in [5, 5.41) is 0. The van der Waals surface area contributed by atoms with Crippen LogP contribution in [0.3, 0.4) is 0 Å². The Balaban J connectivity index is 2.19. The lowest BCUT2D eigenvalue weighted by Crippen LogP contribution is -2.38. The number of thiocarbonyl (C=S) groups is 1. The predicted octanol–water partition coefficient (Wildman–Crippen LogP) is 2.03. The number of hydrogen-bond acceptors (Lipinski definition) is 2. The Morgan fingerprint density at radius 2 is 2.00 bits per heavy atom. The third-order valence-electron chi connectivity index (χ3n) is 3.01. The molecule has 2 N–H and O–H groups in total. The van der Waals surface area contributed by atoms with E-state index in [0.29, 0.717) is 10.9 Å². The maximum absolute atomic E-state index is 5.65. The van der Waals surface area contributed by atoms with Gasteiger partial charge in [0.2, 0.25) is 0 Å². The van der Waals surface area contributed by atoms with E-state index in [1.54, 1.807) is 0 Å². The van der Waals surface area contributed by atoms with Crippen molar-refractivity contribution < 1.29 is 0 Å². The first-order chi connectivity index (χ1) is 6.59. The fourth-order valence-electron chi connectivity index (χ4n) is 1.88. The smallest absolute Gasteiger partial charge is 0.0759 e. The van der Waals surface area contributed by atoms with Gasteiger partial charge in [-0.15, -0.1) is 0 Å². The molecule has 1 heterocycles. The van der Waals surface area contributed by atoms with E-state index in [9.17, 15) is 0 Å². The molecule has 0 spiro atoms. The normalized spacial score (nSPS) is 20.2. The van der Waals surface area contributed by atoms with Crippen molar-refractivity contribution in [2.45, 2.75) is 33.1 Å². The topological polar surface area (TPSA) is 29.3 Å². The Morgan fingerprint density at radius 1 is 1.43 bits per heavy atom. The second-order valence-corrected chi connectivity index (χ2v) is 5.17. The summed E-state index contributed by atoms with van der Waals surface area (Å²) in [6, 6.07) is 0. The third-order valence-corrected chi connectivity index (χ3v) is 3.35. The van der Waals surface area contributed by atoms with Gasteiger partial charge in [0.1, 0.15) is 0 Å². The summed E-state index contributed by atoms with van der Waals surface area (Å²) in [5.74, 6) is 1.31. The second-order valence-electron chi connectivity index (χ2n) is 4.70. The van der Waals surface area contributed by atoms with Crippen molar-refractivity contribution in [1.29, 1.82) is 0 Å². The lowest BCUT2D eigenvalue weighted by molar-refractivity contribution is 0.200. The number of nitrogens with two attached hydrogens (primary N) is 1. The van der Waals surface area contributed by atoms with Crippen molar-refractivity contribution >= 4 is 17.2 Å². The summed E-state index contributed by atoms with van der Waals surface area (Å²) in [7, 11) is 0. The van der Waals surface area contributed by atoms with Crippen molar-refractivity contribution in [3.8, 4) is 0 Å². The molecule has 0 aliphatic carbocycles. The fourth-order valence-corrected chi connectivity index (χ4v) is 2.12. The molecule has 1 saturated heterocycles. The van der Waals surface area contributed by atoms with Crippen LogP contribution >= 0.6 is 12.2 Å². The minimum absolute atomic E-state index is 0.500. The molecule has 0 saturated carbocycles. The van der Waals surface area contributed by atoms with E-state index >= 15 is 0 Å². The Kier molecular flexibility index (Phi) is 4.82. The molecule has 0 bridgehead atoms. The van der Waals surface area contributed by atoms with Gasteiger partial charge in [0, 0.05) is 5.92 Å². The molecule has 0 aromatic heterocycles. The zero-order valence-corrected chi connectivity index (χ0v) is 10.1. The Bertz CT molecular complexity index is 184. The highest BCUT2D eigenvalue weighted by atomic mass is 32.1. The van der Waals surface area contributed by atoms with Gasteiger partial charge in [0.05, 0.1) is 4.99 Å². The monoisotopic (exact) mass is 214 g/mol. The zero-order chi connectivity index (χ0) is 10.6. The van der Waals surface area contributed by atoms with Gasteiger partial charge in [-0.2, -0.15) is 0 Å². The van der Waals surface area contributed by atoms with E-state index in [4.69, 9.17) is 18.0 Å². The molecular weight excluding hydrogens is 192 g/mol. The van der Waals surface area contributed by atoms with Gasteiger partial charge in [-0.3, -0.25) is 0 Å². The average molecular weight is 214 g/mol. The van der Waals surface area contributed by atoms with E-state index in [2.05, 4.69) is 18.7 Å². The highest BCUT2D eigenvalue weighted by Crippen LogP contribution is 2.18. The van der Waals surface area contributed by atoms with Crippen LogP contribution in [-0.2, 0) is 0 Å². The molecule has 3 heteroatoms. The number of hydrogen-bond donors (Lipinski definition) is 1. The molecule has 0 atom stereocenters. The quantitative estimate of drug-likeness (QED) is 0.726. The van der Waals surface area contributed by atoms with Crippen LogP contribution in [0.2, 0.25) is 0 Å². The van der Waals surface area contributed by atoms with Crippen molar-refractivity contribution in [3.63, 3.8) is 0 Å². The summed E-state index contributed by atoms with van der Waals surface area (Å²) >= 11 is 5.02.